The summed E-state index contributed by atoms with van der Waals surface area (Å²) in [6, 6.07) is 7.91. The Kier molecular flexibility index (Phi) is 3.88. The Morgan fingerprint density at radius 3 is 3.04 bits per heavy atom. The van der Waals surface area contributed by atoms with Crippen molar-refractivity contribution >= 4 is 16.8 Å². The van der Waals surface area contributed by atoms with E-state index in [2.05, 4.69) is 4.98 Å². The quantitative estimate of drug-likeness (QED) is 0.851. The molecule has 5 nitrogen and oxygen atoms in total. The van der Waals surface area contributed by atoms with E-state index in [4.69, 9.17) is 9.47 Å². The van der Waals surface area contributed by atoms with Crippen LogP contribution in [0.4, 0.5) is 0 Å². The summed E-state index contributed by atoms with van der Waals surface area (Å²) in [6.07, 6.45) is 3.42. The zero-order valence-electron chi connectivity index (χ0n) is 14.1. The topological polar surface area (TPSA) is 51.7 Å². The molecule has 1 aliphatic heterocycles. The largest absolute Gasteiger partial charge is 0.497 e. The highest BCUT2D eigenvalue weighted by Crippen LogP contribution is 2.31. The first-order chi connectivity index (χ1) is 11.7. The van der Waals surface area contributed by atoms with Crippen LogP contribution in [0, 0.1) is 6.92 Å². The number of aromatic nitrogens is 1. The van der Waals surface area contributed by atoms with E-state index in [1.54, 1.807) is 7.11 Å². The van der Waals surface area contributed by atoms with Crippen LogP contribution in [0.25, 0.3) is 10.9 Å². The SMILES string of the molecule is COc1ccc2nc(C)c(C(=O)N3CCO[C@@H]4CCC[C@H]43)cc2c1. The zero-order chi connectivity index (χ0) is 16.7. The predicted octanol–water partition coefficient (Wildman–Crippen LogP) is 2.95. The lowest BCUT2D eigenvalue weighted by molar-refractivity contribution is -0.0445. The molecule has 5 heteroatoms. The number of carbonyl (C=O) groups excluding carboxylic acids is 1. The second-order valence-corrected chi connectivity index (χ2v) is 6.59. The minimum Gasteiger partial charge on any atom is -0.497 e. The van der Waals surface area contributed by atoms with Crippen molar-refractivity contribution in [2.45, 2.75) is 38.3 Å². The summed E-state index contributed by atoms with van der Waals surface area (Å²) in [4.78, 5) is 19.8. The van der Waals surface area contributed by atoms with Crippen LogP contribution < -0.4 is 4.74 Å². The number of methoxy groups -OCH3 is 1. The van der Waals surface area contributed by atoms with Crippen LogP contribution in [0.5, 0.6) is 5.75 Å². The van der Waals surface area contributed by atoms with E-state index in [9.17, 15) is 4.79 Å². The van der Waals surface area contributed by atoms with Crippen molar-refractivity contribution in [3.8, 4) is 5.75 Å². The number of fused-ring (bicyclic) bond motifs is 2. The molecule has 1 saturated carbocycles. The third kappa shape index (κ3) is 2.53. The number of rotatable bonds is 2. The number of benzene rings is 1. The molecule has 4 rings (SSSR count). The number of carbonyl (C=O) groups is 1. The fourth-order valence-corrected chi connectivity index (χ4v) is 3.93. The molecule has 0 unspecified atom stereocenters. The third-order valence-electron chi connectivity index (χ3n) is 5.19. The second-order valence-electron chi connectivity index (χ2n) is 6.59. The molecule has 0 N–H and O–H groups in total. The monoisotopic (exact) mass is 326 g/mol. The fraction of sp³-hybridized carbons (Fsp3) is 0.474. The van der Waals surface area contributed by atoms with Gasteiger partial charge in [0.25, 0.3) is 5.91 Å². The molecule has 1 aromatic carbocycles. The normalized spacial score (nSPS) is 23.3. The molecule has 0 spiro atoms. The van der Waals surface area contributed by atoms with E-state index in [-0.39, 0.29) is 18.1 Å². The highest BCUT2D eigenvalue weighted by Gasteiger charge is 2.39. The number of morpholine rings is 1. The average Bonchev–Trinajstić information content (AvgIpc) is 3.09. The van der Waals surface area contributed by atoms with Crippen molar-refractivity contribution in [3.63, 3.8) is 0 Å². The maximum Gasteiger partial charge on any atom is 0.256 e. The Bertz CT molecular complexity index is 790. The highest BCUT2D eigenvalue weighted by atomic mass is 16.5. The molecule has 2 atom stereocenters. The molecule has 126 valence electrons. The minimum absolute atomic E-state index is 0.0740. The van der Waals surface area contributed by atoms with E-state index >= 15 is 0 Å². The average molecular weight is 326 g/mol. The maximum atomic E-state index is 13.2. The second kappa shape index (κ2) is 6.06. The van der Waals surface area contributed by atoms with Gasteiger partial charge in [-0.25, -0.2) is 0 Å². The number of pyridine rings is 1. The summed E-state index contributed by atoms with van der Waals surface area (Å²) in [6.45, 7) is 3.19. The van der Waals surface area contributed by atoms with Gasteiger partial charge in [-0.3, -0.25) is 9.78 Å². The molecular formula is C19H22N2O3. The smallest absolute Gasteiger partial charge is 0.256 e. The van der Waals surface area contributed by atoms with E-state index < -0.39 is 0 Å². The summed E-state index contributed by atoms with van der Waals surface area (Å²) in [5, 5.41) is 0.930. The zero-order valence-corrected chi connectivity index (χ0v) is 14.1. The summed E-state index contributed by atoms with van der Waals surface area (Å²) < 4.78 is 11.1. The van der Waals surface area contributed by atoms with Crippen LogP contribution in [0.15, 0.2) is 24.3 Å². The van der Waals surface area contributed by atoms with E-state index in [1.807, 2.05) is 36.1 Å². The summed E-state index contributed by atoms with van der Waals surface area (Å²) in [7, 11) is 1.64. The standard InChI is InChI=1S/C19H22N2O3/c1-12-15(11-13-10-14(23-2)6-7-16(13)20-12)19(22)21-8-9-24-18-5-3-4-17(18)21/h6-7,10-11,17-18H,3-5,8-9H2,1-2H3/t17-,18-/m1/s1. The molecule has 2 aliphatic rings. The van der Waals surface area contributed by atoms with Crippen molar-refractivity contribution in [3.05, 3.63) is 35.5 Å². The molecule has 24 heavy (non-hydrogen) atoms. The van der Waals surface area contributed by atoms with E-state index in [0.717, 1.165) is 41.6 Å². The maximum absolute atomic E-state index is 13.2. The molecule has 2 fully saturated rings. The highest BCUT2D eigenvalue weighted by molar-refractivity contribution is 5.99. The van der Waals surface area contributed by atoms with Crippen LogP contribution in [-0.4, -0.2) is 48.2 Å². The lowest BCUT2D eigenvalue weighted by Gasteiger charge is -2.37. The number of hydrogen-bond acceptors (Lipinski definition) is 4. The first-order valence-electron chi connectivity index (χ1n) is 8.55. The van der Waals surface area contributed by atoms with Gasteiger partial charge in [0, 0.05) is 11.9 Å². The number of hydrogen-bond donors (Lipinski definition) is 0. The number of ether oxygens (including phenoxy) is 2. The molecule has 2 aromatic rings. The van der Waals surface area contributed by atoms with Crippen molar-refractivity contribution in [1.29, 1.82) is 0 Å². The van der Waals surface area contributed by atoms with Crippen LogP contribution in [0.3, 0.4) is 0 Å². The molecule has 2 heterocycles. The van der Waals surface area contributed by atoms with Gasteiger partial charge in [0.2, 0.25) is 0 Å². The van der Waals surface area contributed by atoms with Gasteiger partial charge in [0.05, 0.1) is 42.6 Å². The van der Waals surface area contributed by atoms with Crippen molar-refractivity contribution in [1.82, 2.24) is 9.88 Å². The number of nitrogens with zero attached hydrogens (tertiary/aromatic N) is 2. The Morgan fingerprint density at radius 1 is 1.33 bits per heavy atom. The van der Waals surface area contributed by atoms with Gasteiger partial charge in [0.1, 0.15) is 5.75 Å². The molecule has 0 bridgehead atoms. The van der Waals surface area contributed by atoms with Crippen LogP contribution in [0.1, 0.15) is 35.3 Å². The molecule has 1 aliphatic carbocycles. The lowest BCUT2D eigenvalue weighted by atomic mass is 10.0. The Balaban J connectivity index is 1.71. The van der Waals surface area contributed by atoms with Crippen LogP contribution >= 0.6 is 0 Å². The van der Waals surface area contributed by atoms with Crippen LogP contribution in [-0.2, 0) is 4.74 Å². The Hall–Kier alpha value is -2.14. The summed E-state index contributed by atoms with van der Waals surface area (Å²) >= 11 is 0. The predicted molar refractivity (Wildman–Crippen MR) is 91.4 cm³/mol. The Labute approximate surface area is 141 Å². The third-order valence-corrected chi connectivity index (χ3v) is 5.19. The molecule has 0 radical (unpaired) electrons. The van der Waals surface area contributed by atoms with Gasteiger partial charge < -0.3 is 14.4 Å². The van der Waals surface area contributed by atoms with E-state index in [0.29, 0.717) is 18.7 Å². The molecular weight excluding hydrogens is 304 g/mol. The van der Waals surface area contributed by atoms with Gasteiger partial charge in [-0.15, -0.1) is 0 Å². The lowest BCUT2D eigenvalue weighted by Crippen LogP contribution is -2.51. The van der Waals surface area contributed by atoms with Crippen molar-refractivity contribution in [2.75, 3.05) is 20.3 Å². The Morgan fingerprint density at radius 2 is 2.21 bits per heavy atom. The molecule has 1 aromatic heterocycles. The first kappa shape index (κ1) is 15.4. The van der Waals surface area contributed by atoms with Crippen molar-refractivity contribution in [2.24, 2.45) is 0 Å². The number of amides is 1. The first-order valence-corrected chi connectivity index (χ1v) is 8.55. The van der Waals surface area contributed by atoms with E-state index in [1.165, 1.54) is 0 Å². The minimum atomic E-state index is 0.0740. The van der Waals surface area contributed by atoms with Crippen LogP contribution in [0.2, 0.25) is 0 Å². The van der Waals surface area contributed by atoms with Gasteiger partial charge in [-0.1, -0.05) is 0 Å². The summed E-state index contributed by atoms with van der Waals surface area (Å²) in [5.74, 6) is 0.846. The van der Waals surface area contributed by atoms with Gasteiger partial charge in [-0.05, 0) is 50.5 Å². The number of aryl methyl sites for hydroxylation is 1. The molecule has 1 saturated heterocycles. The molecule has 1 amide bonds. The fourth-order valence-electron chi connectivity index (χ4n) is 3.93. The van der Waals surface area contributed by atoms with Crippen molar-refractivity contribution < 1.29 is 14.3 Å². The van der Waals surface area contributed by atoms with Gasteiger partial charge in [-0.2, -0.15) is 0 Å². The summed E-state index contributed by atoms with van der Waals surface area (Å²) in [5.41, 5.74) is 2.34. The van der Waals surface area contributed by atoms with Gasteiger partial charge in [0.15, 0.2) is 0 Å². The van der Waals surface area contributed by atoms with Gasteiger partial charge >= 0.3 is 0 Å².